The fourth-order valence-electron chi connectivity index (χ4n) is 3.43. The van der Waals surface area contributed by atoms with Crippen LogP contribution in [0.2, 0.25) is 0 Å². The van der Waals surface area contributed by atoms with Gasteiger partial charge in [-0.25, -0.2) is 4.79 Å². The van der Waals surface area contributed by atoms with E-state index in [2.05, 4.69) is 27.9 Å². The van der Waals surface area contributed by atoms with Gasteiger partial charge in [0, 0.05) is 21.4 Å². The molecule has 0 saturated carbocycles. The Balaban J connectivity index is 1.45. The lowest BCUT2D eigenvalue weighted by Crippen LogP contribution is -2.36. The highest BCUT2D eigenvalue weighted by atomic mass is 127. The number of esters is 1. The number of thioether (sulfide) groups is 1. The van der Waals surface area contributed by atoms with E-state index in [9.17, 15) is 29.3 Å². The molecule has 0 atom stereocenters. The zero-order valence-electron chi connectivity index (χ0n) is 20.1. The van der Waals surface area contributed by atoms with Gasteiger partial charge in [0.2, 0.25) is 5.91 Å². The van der Waals surface area contributed by atoms with E-state index in [1.807, 2.05) is 12.1 Å². The number of methoxy groups -OCH3 is 1. The molecule has 1 saturated heterocycles. The second kappa shape index (κ2) is 12.1. The van der Waals surface area contributed by atoms with Gasteiger partial charge in [-0.2, -0.15) is 0 Å². The number of nitrogens with one attached hydrogen (secondary N) is 1. The molecule has 1 aliphatic rings. The van der Waals surface area contributed by atoms with Crippen LogP contribution in [0.15, 0.2) is 71.6 Å². The van der Waals surface area contributed by atoms with Gasteiger partial charge in [-0.3, -0.25) is 29.4 Å². The number of imide groups is 1. The largest absolute Gasteiger partial charge is 0.493 e. The van der Waals surface area contributed by atoms with E-state index < -0.39 is 34.5 Å². The van der Waals surface area contributed by atoms with E-state index in [4.69, 9.17) is 9.47 Å². The minimum absolute atomic E-state index is 0.0185. The molecule has 1 aliphatic heterocycles. The van der Waals surface area contributed by atoms with Crippen molar-refractivity contribution in [1.82, 2.24) is 4.90 Å². The molecule has 0 radical (unpaired) electrons. The molecule has 1 heterocycles. The summed E-state index contributed by atoms with van der Waals surface area (Å²) in [5.74, 6) is -1.76. The standard InChI is InChI=1S/C26H18IN3O8S/c1-37-21-11-15(5-10-20(21)38-25(33)16-3-2-4-19(13-16)30(35)36)12-22-24(32)29(26(34)39-22)14-23(31)28-18-8-6-17(27)7-9-18/h2-13H,14H2,1H3,(H,28,31)/b22-12-. The fraction of sp³-hybridized carbons (Fsp3) is 0.0769. The summed E-state index contributed by atoms with van der Waals surface area (Å²) in [6.45, 7) is -0.441. The fourth-order valence-corrected chi connectivity index (χ4v) is 4.63. The van der Waals surface area contributed by atoms with Crippen LogP contribution in [-0.4, -0.2) is 46.5 Å². The minimum atomic E-state index is -0.825. The maximum atomic E-state index is 12.8. The average molecular weight is 659 g/mol. The predicted octanol–water partition coefficient (Wildman–Crippen LogP) is 5.10. The third-order valence-electron chi connectivity index (χ3n) is 5.28. The van der Waals surface area contributed by atoms with Crippen molar-refractivity contribution in [3.05, 3.63) is 96.4 Å². The summed E-state index contributed by atoms with van der Waals surface area (Å²) in [7, 11) is 1.35. The summed E-state index contributed by atoms with van der Waals surface area (Å²) in [4.78, 5) is 61.5. The molecule has 198 valence electrons. The molecule has 1 N–H and O–H groups in total. The summed E-state index contributed by atoms with van der Waals surface area (Å²) in [6.07, 6.45) is 1.45. The van der Waals surface area contributed by atoms with Gasteiger partial charge >= 0.3 is 5.97 Å². The molecule has 0 aliphatic carbocycles. The van der Waals surface area contributed by atoms with Gasteiger partial charge < -0.3 is 14.8 Å². The number of benzene rings is 3. The molecule has 0 bridgehead atoms. The lowest BCUT2D eigenvalue weighted by molar-refractivity contribution is -0.384. The van der Waals surface area contributed by atoms with Crippen LogP contribution in [-0.2, 0) is 9.59 Å². The molecule has 0 unspecified atom stereocenters. The number of carbonyl (C=O) groups is 4. The van der Waals surface area contributed by atoms with Crippen molar-refractivity contribution >= 4 is 74.8 Å². The van der Waals surface area contributed by atoms with Gasteiger partial charge in [0.1, 0.15) is 6.54 Å². The Morgan fingerprint density at radius 1 is 1.08 bits per heavy atom. The highest BCUT2D eigenvalue weighted by Crippen LogP contribution is 2.35. The molecule has 3 aromatic carbocycles. The summed E-state index contributed by atoms with van der Waals surface area (Å²) < 4.78 is 11.6. The molecule has 4 rings (SSSR count). The number of halogens is 1. The summed E-state index contributed by atoms with van der Waals surface area (Å²) in [5, 5.41) is 13.0. The van der Waals surface area contributed by atoms with E-state index in [0.717, 1.165) is 14.5 Å². The van der Waals surface area contributed by atoms with Crippen molar-refractivity contribution in [3.8, 4) is 11.5 Å². The Morgan fingerprint density at radius 3 is 2.51 bits per heavy atom. The average Bonchev–Trinajstić information content (AvgIpc) is 3.17. The number of carbonyl (C=O) groups excluding carboxylic acids is 4. The van der Waals surface area contributed by atoms with Crippen molar-refractivity contribution in [2.24, 2.45) is 0 Å². The van der Waals surface area contributed by atoms with E-state index in [1.54, 1.807) is 12.1 Å². The molecule has 0 spiro atoms. The Kier molecular flexibility index (Phi) is 8.61. The lowest BCUT2D eigenvalue weighted by Gasteiger charge is -2.12. The molecule has 39 heavy (non-hydrogen) atoms. The molecule has 1 fully saturated rings. The number of non-ortho nitro benzene ring substituents is 1. The number of nitro benzene ring substituents is 1. The van der Waals surface area contributed by atoms with E-state index >= 15 is 0 Å². The lowest BCUT2D eigenvalue weighted by atomic mass is 10.1. The first-order valence-electron chi connectivity index (χ1n) is 11.1. The van der Waals surface area contributed by atoms with Gasteiger partial charge in [0.15, 0.2) is 11.5 Å². The number of hydrogen-bond acceptors (Lipinski definition) is 9. The van der Waals surface area contributed by atoms with E-state index in [0.29, 0.717) is 23.0 Å². The second-order valence-electron chi connectivity index (χ2n) is 7.93. The first-order chi connectivity index (χ1) is 18.6. The predicted molar refractivity (Wildman–Crippen MR) is 152 cm³/mol. The zero-order valence-corrected chi connectivity index (χ0v) is 23.1. The van der Waals surface area contributed by atoms with Crippen LogP contribution < -0.4 is 14.8 Å². The van der Waals surface area contributed by atoms with E-state index in [1.165, 1.54) is 49.6 Å². The molecule has 0 aromatic heterocycles. The van der Waals surface area contributed by atoms with Crippen LogP contribution in [0, 0.1) is 13.7 Å². The van der Waals surface area contributed by atoms with Crippen LogP contribution >= 0.6 is 34.4 Å². The number of anilines is 1. The van der Waals surface area contributed by atoms with Gasteiger partial charge in [-0.05, 0) is 88.5 Å². The van der Waals surface area contributed by atoms with Gasteiger partial charge in [0.05, 0.1) is 22.5 Å². The minimum Gasteiger partial charge on any atom is -0.493 e. The number of rotatable bonds is 8. The van der Waals surface area contributed by atoms with Crippen LogP contribution in [0.3, 0.4) is 0 Å². The first kappa shape index (κ1) is 27.8. The highest BCUT2D eigenvalue weighted by Gasteiger charge is 2.36. The number of hydrogen-bond donors (Lipinski definition) is 1. The number of nitrogens with zero attached hydrogens (tertiary/aromatic N) is 2. The maximum absolute atomic E-state index is 12.8. The maximum Gasteiger partial charge on any atom is 0.343 e. The monoisotopic (exact) mass is 659 g/mol. The van der Waals surface area contributed by atoms with Gasteiger partial charge in [-0.1, -0.05) is 12.1 Å². The third kappa shape index (κ3) is 6.80. The van der Waals surface area contributed by atoms with E-state index in [-0.39, 0.29) is 27.7 Å². The van der Waals surface area contributed by atoms with Crippen molar-refractivity contribution in [2.45, 2.75) is 0 Å². The van der Waals surface area contributed by atoms with Crippen molar-refractivity contribution in [1.29, 1.82) is 0 Å². The third-order valence-corrected chi connectivity index (χ3v) is 6.91. The molecule has 3 amide bonds. The zero-order chi connectivity index (χ0) is 28.1. The van der Waals surface area contributed by atoms with Gasteiger partial charge in [0.25, 0.3) is 16.8 Å². The quantitative estimate of drug-likeness (QED) is 0.0872. The molecule has 11 nitrogen and oxygen atoms in total. The topological polar surface area (TPSA) is 145 Å². The normalized spacial score (nSPS) is 13.9. The highest BCUT2D eigenvalue weighted by molar-refractivity contribution is 14.1. The SMILES string of the molecule is COc1cc(/C=C2\SC(=O)N(CC(=O)Nc3ccc(I)cc3)C2=O)ccc1OC(=O)c1cccc([N+](=O)[O-])c1. The van der Waals surface area contributed by atoms with Gasteiger partial charge in [-0.15, -0.1) is 0 Å². The first-order valence-corrected chi connectivity index (χ1v) is 13.0. The summed E-state index contributed by atoms with van der Waals surface area (Å²) >= 11 is 2.83. The van der Waals surface area contributed by atoms with Crippen molar-refractivity contribution < 1.29 is 33.6 Å². The Hall–Kier alpha value is -4.24. The number of nitro groups is 1. The number of amides is 3. The smallest absolute Gasteiger partial charge is 0.343 e. The number of ether oxygens (including phenoxy) is 2. The van der Waals surface area contributed by atoms with Crippen LogP contribution in [0.1, 0.15) is 15.9 Å². The van der Waals surface area contributed by atoms with Crippen molar-refractivity contribution in [2.75, 3.05) is 19.0 Å². The van der Waals surface area contributed by atoms with Crippen LogP contribution in [0.4, 0.5) is 16.2 Å². The molecule has 13 heteroatoms. The Bertz CT molecular complexity index is 1520. The molecular formula is C26H18IN3O8S. The second-order valence-corrected chi connectivity index (χ2v) is 10.2. The van der Waals surface area contributed by atoms with Crippen LogP contribution in [0.5, 0.6) is 11.5 Å². The summed E-state index contributed by atoms with van der Waals surface area (Å²) in [6, 6.07) is 16.6. The summed E-state index contributed by atoms with van der Waals surface area (Å²) in [5.41, 5.74) is 0.736. The Morgan fingerprint density at radius 2 is 1.82 bits per heavy atom. The van der Waals surface area contributed by atoms with Crippen LogP contribution in [0.25, 0.3) is 6.08 Å². The van der Waals surface area contributed by atoms with Crippen molar-refractivity contribution in [3.63, 3.8) is 0 Å². The molecular weight excluding hydrogens is 641 g/mol. The Labute approximate surface area is 239 Å². The molecule has 3 aromatic rings.